The van der Waals surface area contributed by atoms with E-state index >= 15 is 0 Å². The van der Waals surface area contributed by atoms with Crippen LogP contribution in [0.2, 0.25) is 0 Å². The molecule has 1 aromatic carbocycles. The third kappa shape index (κ3) is 3.81. The van der Waals surface area contributed by atoms with Crippen LogP contribution < -0.4 is 5.56 Å². The zero-order valence-corrected chi connectivity index (χ0v) is 14.9. The van der Waals surface area contributed by atoms with E-state index in [-0.39, 0.29) is 22.9 Å². The Hall–Kier alpha value is -2.10. The van der Waals surface area contributed by atoms with E-state index in [1.165, 1.54) is 0 Å². The Morgan fingerprint density at radius 1 is 1.22 bits per heavy atom. The number of aromatic nitrogens is 1. The van der Waals surface area contributed by atoms with E-state index in [9.17, 15) is 9.59 Å². The summed E-state index contributed by atoms with van der Waals surface area (Å²) >= 11 is 0. The molecule has 2 aromatic rings. The van der Waals surface area contributed by atoms with Crippen molar-refractivity contribution in [2.75, 3.05) is 0 Å². The van der Waals surface area contributed by atoms with Crippen LogP contribution in [0.3, 0.4) is 0 Å². The maximum Gasteiger partial charge on any atom is 0.253 e. The van der Waals surface area contributed by atoms with Gasteiger partial charge in [0.15, 0.2) is 0 Å². The molecule has 0 spiro atoms. The Morgan fingerprint density at radius 3 is 2.43 bits per heavy atom. The van der Waals surface area contributed by atoms with Gasteiger partial charge < -0.3 is 9.88 Å². The molecule has 0 saturated carbocycles. The van der Waals surface area contributed by atoms with Crippen LogP contribution in [0.25, 0.3) is 10.9 Å². The second-order valence-corrected chi connectivity index (χ2v) is 7.46. The first kappa shape index (κ1) is 17.3. The quantitative estimate of drug-likeness (QED) is 0.940. The van der Waals surface area contributed by atoms with Gasteiger partial charge in [0.2, 0.25) is 5.91 Å². The van der Waals surface area contributed by atoms with Gasteiger partial charge in [0.05, 0.1) is 6.54 Å². The maximum absolute atomic E-state index is 12.5. The summed E-state index contributed by atoms with van der Waals surface area (Å²) in [6, 6.07) is 7.86. The smallest absolute Gasteiger partial charge is 0.253 e. The van der Waals surface area contributed by atoms with Gasteiger partial charge in [-0.2, -0.15) is 0 Å². The molecule has 4 heteroatoms. The predicted molar refractivity (Wildman–Crippen MR) is 94.4 cm³/mol. The van der Waals surface area contributed by atoms with Crippen molar-refractivity contribution in [3.63, 3.8) is 0 Å². The molecule has 1 N–H and O–H groups in total. The Kier molecular flexibility index (Phi) is 4.64. The zero-order chi connectivity index (χ0) is 17.4. The van der Waals surface area contributed by atoms with Gasteiger partial charge in [0.25, 0.3) is 5.56 Å². The number of fused-ring (bicyclic) bond motifs is 1. The highest BCUT2D eigenvalue weighted by Crippen LogP contribution is 2.21. The van der Waals surface area contributed by atoms with E-state index in [0.717, 1.165) is 16.5 Å². The molecular formula is C19H26N2O2. The molecule has 1 amide bonds. The molecule has 0 aliphatic rings. The lowest BCUT2D eigenvalue weighted by atomic mass is 10.0. The van der Waals surface area contributed by atoms with E-state index in [0.29, 0.717) is 12.1 Å². The summed E-state index contributed by atoms with van der Waals surface area (Å²) in [6.07, 6.45) is 0. The zero-order valence-electron chi connectivity index (χ0n) is 14.9. The number of aryl methyl sites for hydroxylation is 1. The fraction of sp³-hybridized carbons (Fsp3) is 0.474. The first-order valence-electron chi connectivity index (χ1n) is 8.03. The molecule has 4 nitrogen and oxygen atoms in total. The van der Waals surface area contributed by atoms with Crippen molar-refractivity contribution in [1.82, 2.24) is 9.88 Å². The summed E-state index contributed by atoms with van der Waals surface area (Å²) in [4.78, 5) is 29.6. The molecule has 0 aliphatic heterocycles. The fourth-order valence-electron chi connectivity index (χ4n) is 2.61. The third-order valence-corrected chi connectivity index (χ3v) is 3.98. The maximum atomic E-state index is 12.5. The summed E-state index contributed by atoms with van der Waals surface area (Å²) in [5.41, 5.74) is 2.08. The number of nitrogens with zero attached hydrogens (tertiary/aromatic N) is 1. The van der Waals surface area contributed by atoms with E-state index < -0.39 is 0 Å². The van der Waals surface area contributed by atoms with Crippen LogP contribution in [0.15, 0.2) is 29.1 Å². The molecule has 0 aliphatic carbocycles. The van der Waals surface area contributed by atoms with Crippen LogP contribution in [0.1, 0.15) is 45.7 Å². The molecule has 0 fully saturated rings. The number of rotatable bonds is 3. The van der Waals surface area contributed by atoms with Gasteiger partial charge in [0, 0.05) is 22.5 Å². The van der Waals surface area contributed by atoms with Gasteiger partial charge in [-0.25, -0.2) is 0 Å². The number of hydrogen-bond acceptors (Lipinski definition) is 2. The molecule has 0 radical (unpaired) electrons. The molecular weight excluding hydrogens is 288 g/mol. The molecule has 23 heavy (non-hydrogen) atoms. The number of carbonyl (C=O) groups excluding carboxylic acids is 1. The molecule has 0 unspecified atom stereocenters. The fourth-order valence-corrected chi connectivity index (χ4v) is 2.61. The van der Waals surface area contributed by atoms with Crippen LogP contribution in [0.4, 0.5) is 0 Å². The van der Waals surface area contributed by atoms with Crippen molar-refractivity contribution in [1.29, 1.82) is 0 Å². The first-order valence-corrected chi connectivity index (χ1v) is 8.03. The topological polar surface area (TPSA) is 53.2 Å². The van der Waals surface area contributed by atoms with Crippen molar-refractivity contribution in [3.8, 4) is 0 Å². The predicted octanol–water partition coefficient (Wildman–Crippen LogP) is 3.62. The summed E-state index contributed by atoms with van der Waals surface area (Å²) < 4.78 is 0. The van der Waals surface area contributed by atoms with Crippen molar-refractivity contribution in [2.45, 2.75) is 53.6 Å². The lowest BCUT2D eigenvalue weighted by Crippen LogP contribution is -2.47. The minimum atomic E-state index is -0.337. The number of benzene rings is 1. The Balaban J connectivity index is 2.46. The number of amides is 1. The number of H-pyrrole nitrogens is 1. The second kappa shape index (κ2) is 6.19. The first-order chi connectivity index (χ1) is 10.6. The van der Waals surface area contributed by atoms with E-state index in [4.69, 9.17) is 0 Å². The molecule has 0 bridgehead atoms. The number of nitrogens with one attached hydrogen (secondary N) is 1. The minimum Gasteiger partial charge on any atom is -0.333 e. The Labute approximate surface area is 137 Å². The van der Waals surface area contributed by atoms with Crippen molar-refractivity contribution < 1.29 is 4.79 Å². The van der Waals surface area contributed by atoms with Crippen LogP contribution in [-0.4, -0.2) is 21.3 Å². The molecule has 1 heterocycles. The normalized spacial score (nSPS) is 12.0. The number of aromatic amines is 1. The molecule has 2 rings (SSSR count). The second-order valence-electron chi connectivity index (χ2n) is 7.46. The lowest BCUT2D eigenvalue weighted by molar-refractivity contribution is -0.140. The highest BCUT2D eigenvalue weighted by molar-refractivity contribution is 5.81. The van der Waals surface area contributed by atoms with Crippen LogP contribution >= 0.6 is 0 Å². The molecule has 0 atom stereocenters. The summed E-state index contributed by atoms with van der Waals surface area (Å²) in [7, 11) is 0. The van der Waals surface area contributed by atoms with Crippen LogP contribution in [0.5, 0.6) is 0 Å². The highest BCUT2D eigenvalue weighted by Gasteiger charge is 2.28. The van der Waals surface area contributed by atoms with Crippen LogP contribution in [0, 0.1) is 12.8 Å². The molecule has 124 valence electrons. The van der Waals surface area contributed by atoms with Crippen molar-refractivity contribution >= 4 is 16.8 Å². The monoisotopic (exact) mass is 314 g/mol. The number of pyridine rings is 1. The summed E-state index contributed by atoms with van der Waals surface area (Å²) in [5.74, 6) is -0.0442. The van der Waals surface area contributed by atoms with E-state index in [1.54, 1.807) is 4.90 Å². The summed E-state index contributed by atoms with van der Waals surface area (Å²) in [5, 5.41) is 0.982. The average molecular weight is 314 g/mol. The van der Waals surface area contributed by atoms with Gasteiger partial charge in [0.1, 0.15) is 0 Å². The molecule has 0 saturated heterocycles. The van der Waals surface area contributed by atoms with Crippen molar-refractivity contribution in [2.24, 2.45) is 5.92 Å². The van der Waals surface area contributed by atoms with E-state index in [2.05, 4.69) is 4.98 Å². The number of carbonyl (C=O) groups is 1. The van der Waals surface area contributed by atoms with Crippen molar-refractivity contribution in [3.05, 3.63) is 45.7 Å². The van der Waals surface area contributed by atoms with Gasteiger partial charge in [-0.15, -0.1) is 0 Å². The van der Waals surface area contributed by atoms with Gasteiger partial charge in [-0.05, 0) is 50.8 Å². The average Bonchev–Trinajstić information content (AvgIpc) is 2.42. The van der Waals surface area contributed by atoms with E-state index in [1.807, 2.05) is 65.8 Å². The van der Waals surface area contributed by atoms with Gasteiger partial charge in [-0.1, -0.05) is 26.0 Å². The Morgan fingerprint density at radius 2 is 1.87 bits per heavy atom. The largest absolute Gasteiger partial charge is 0.333 e. The highest BCUT2D eigenvalue weighted by atomic mass is 16.2. The lowest BCUT2D eigenvalue weighted by Gasteiger charge is -2.37. The minimum absolute atomic E-state index is 0.0564. The SMILES string of the molecule is Cc1ccc2cc(CN(C(=O)C(C)C)C(C)(C)C)c(=O)[nH]c2c1. The van der Waals surface area contributed by atoms with Gasteiger partial charge >= 0.3 is 0 Å². The standard InChI is InChI=1S/C19H26N2O2/c1-12(2)18(23)21(19(4,5)6)11-15-10-14-8-7-13(3)9-16(14)20-17(15)22/h7-10,12H,11H2,1-6H3,(H,20,22). The van der Waals surface area contributed by atoms with Crippen LogP contribution in [-0.2, 0) is 11.3 Å². The van der Waals surface area contributed by atoms with Gasteiger partial charge in [-0.3, -0.25) is 9.59 Å². The summed E-state index contributed by atoms with van der Waals surface area (Å²) in [6.45, 7) is 12.1. The Bertz CT molecular complexity index is 782. The third-order valence-electron chi connectivity index (χ3n) is 3.98. The molecule has 1 aromatic heterocycles. The number of hydrogen-bond donors (Lipinski definition) is 1.